The number of benzene rings is 2. The predicted molar refractivity (Wildman–Crippen MR) is 89.9 cm³/mol. The lowest BCUT2D eigenvalue weighted by molar-refractivity contribution is -0.128. The average Bonchev–Trinajstić information content (AvgIpc) is 2.99. The van der Waals surface area contributed by atoms with Gasteiger partial charge in [0.1, 0.15) is 5.37 Å². The standard InChI is InChI=1S/C18H15F2NO3S/c1-24-18(23)12-7-5-11(6-8-12)17-21(15(22)10-25-17)9-13-3-2-4-14(19)16(13)20/h2-8,17H,9-10H2,1H3. The highest BCUT2D eigenvalue weighted by Gasteiger charge is 2.33. The minimum atomic E-state index is -0.938. The fraction of sp³-hybridized carbons (Fsp3) is 0.222. The van der Waals surface area contributed by atoms with Gasteiger partial charge in [0.15, 0.2) is 11.6 Å². The predicted octanol–water partition coefficient (Wildman–Crippen LogP) is 3.53. The van der Waals surface area contributed by atoms with E-state index < -0.39 is 17.6 Å². The summed E-state index contributed by atoms with van der Waals surface area (Å²) in [4.78, 5) is 25.2. The monoisotopic (exact) mass is 363 g/mol. The third-order valence-corrected chi connectivity index (χ3v) is 5.21. The van der Waals surface area contributed by atoms with Gasteiger partial charge in [-0.2, -0.15) is 0 Å². The van der Waals surface area contributed by atoms with Crippen LogP contribution in [0.4, 0.5) is 8.78 Å². The summed E-state index contributed by atoms with van der Waals surface area (Å²) < 4.78 is 32.0. The normalized spacial score (nSPS) is 17.0. The number of thioether (sulfide) groups is 1. The van der Waals surface area contributed by atoms with Crippen LogP contribution in [0.2, 0.25) is 0 Å². The number of ether oxygens (including phenoxy) is 1. The van der Waals surface area contributed by atoms with Crippen LogP contribution in [0.15, 0.2) is 42.5 Å². The summed E-state index contributed by atoms with van der Waals surface area (Å²) >= 11 is 1.40. The number of carbonyl (C=O) groups is 2. The molecule has 1 aliphatic heterocycles. The van der Waals surface area contributed by atoms with Crippen LogP contribution in [0.5, 0.6) is 0 Å². The van der Waals surface area contributed by atoms with Crippen LogP contribution >= 0.6 is 11.8 Å². The summed E-state index contributed by atoms with van der Waals surface area (Å²) in [5.74, 6) is -2.20. The van der Waals surface area contributed by atoms with Crippen molar-refractivity contribution in [3.8, 4) is 0 Å². The summed E-state index contributed by atoms with van der Waals surface area (Å²) in [5, 5.41) is -0.318. The largest absolute Gasteiger partial charge is 0.465 e. The summed E-state index contributed by atoms with van der Waals surface area (Å²) in [5.41, 5.74) is 1.34. The number of hydrogen-bond donors (Lipinski definition) is 0. The fourth-order valence-corrected chi connectivity index (χ4v) is 3.84. The zero-order valence-corrected chi connectivity index (χ0v) is 14.2. The van der Waals surface area contributed by atoms with Crippen molar-refractivity contribution in [3.63, 3.8) is 0 Å². The molecular weight excluding hydrogens is 348 g/mol. The number of hydrogen-bond acceptors (Lipinski definition) is 4. The molecule has 0 aromatic heterocycles. The van der Waals surface area contributed by atoms with E-state index in [1.54, 1.807) is 24.3 Å². The quantitative estimate of drug-likeness (QED) is 0.780. The Morgan fingerprint density at radius 2 is 1.96 bits per heavy atom. The van der Waals surface area contributed by atoms with Gasteiger partial charge in [-0.25, -0.2) is 13.6 Å². The number of rotatable bonds is 4. The third-order valence-electron chi connectivity index (χ3n) is 3.96. The molecule has 1 saturated heterocycles. The molecule has 2 aromatic carbocycles. The molecule has 130 valence electrons. The first-order valence-corrected chi connectivity index (χ1v) is 8.58. The van der Waals surface area contributed by atoms with Gasteiger partial charge >= 0.3 is 5.97 Å². The Morgan fingerprint density at radius 1 is 1.24 bits per heavy atom. The molecule has 25 heavy (non-hydrogen) atoms. The van der Waals surface area contributed by atoms with E-state index in [0.717, 1.165) is 11.6 Å². The van der Waals surface area contributed by atoms with Crippen molar-refractivity contribution >= 4 is 23.6 Å². The van der Waals surface area contributed by atoms with Crippen molar-refractivity contribution in [2.24, 2.45) is 0 Å². The molecule has 1 aliphatic rings. The molecular formula is C18H15F2NO3S. The second-order valence-electron chi connectivity index (χ2n) is 5.51. The summed E-state index contributed by atoms with van der Waals surface area (Å²) in [6.07, 6.45) is 0. The van der Waals surface area contributed by atoms with Gasteiger partial charge in [-0.1, -0.05) is 24.3 Å². The second-order valence-corrected chi connectivity index (χ2v) is 6.58. The molecule has 1 atom stereocenters. The Morgan fingerprint density at radius 3 is 2.64 bits per heavy atom. The minimum absolute atomic E-state index is 0.0150. The second kappa shape index (κ2) is 7.23. The fourth-order valence-electron chi connectivity index (χ4n) is 2.66. The van der Waals surface area contributed by atoms with E-state index in [0.29, 0.717) is 5.56 Å². The first kappa shape index (κ1) is 17.4. The summed E-state index contributed by atoms with van der Waals surface area (Å²) in [6, 6.07) is 10.6. The van der Waals surface area contributed by atoms with Crippen molar-refractivity contribution in [1.82, 2.24) is 4.90 Å². The number of carbonyl (C=O) groups excluding carboxylic acids is 2. The van der Waals surface area contributed by atoms with Gasteiger partial charge in [0.2, 0.25) is 5.91 Å². The summed E-state index contributed by atoms with van der Waals surface area (Å²) in [7, 11) is 1.30. The van der Waals surface area contributed by atoms with Crippen molar-refractivity contribution in [1.29, 1.82) is 0 Å². The van der Waals surface area contributed by atoms with Crippen molar-refractivity contribution in [2.45, 2.75) is 11.9 Å². The van der Waals surface area contributed by atoms with E-state index >= 15 is 0 Å². The molecule has 1 heterocycles. The van der Waals surface area contributed by atoms with Crippen LogP contribution < -0.4 is 0 Å². The van der Waals surface area contributed by atoms with Crippen LogP contribution in [0.1, 0.15) is 26.9 Å². The highest BCUT2D eigenvalue weighted by molar-refractivity contribution is 8.00. The number of esters is 1. The van der Waals surface area contributed by atoms with Crippen LogP contribution in [0, 0.1) is 11.6 Å². The lowest BCUT2D eigenvalue weighted by Gasteiger charge is -2.24. The lowest BCUT2D eigenvalue weighted by atomic mass is 10.1. The molecule has 0 spiro atoms. The number of halogens is 2. The third kappa shape index (κ3) is 3.51. The van der Waals surface area contributed by atoms with Gasteiger partial charge in [0.25, 0.3) is 0 Å². The van der Waals surface area contributed by atoms with Crippen molar-refractivity contribution in [2.75, 3.05) is 12.9 Å². The molecule has 1 fully saturated rings. The van der Waals surface area contributed by atoms with Crippen molar-refractivity contribution < 1.29 is 23.1 Å². The molecule has 3 rings (SSSR count). The highest BCUT2D eigenvalue weighted by atomic mass is 32.2. The maximum atomic E-state index is 13.9. The molecule has 0 radical (unpaired) electrons. The zero-order valence-electron chi connectivity index (χ0n) is 13.4. The number of methoxy groups -OCH3 is 1. The molecule has 4 nitrogen and oxygen atoms in total. The smallest absolute Gasteiger partial charge is 0.337 e. The molecule has 7 heteroatoms. The average molecular weight is 363 g/mol. The Hall–Kier alpha value is -2.41. The first-order valence-electron chi connectivity index (χ1n) is 7.53. The molecule has 0 saturated carbocycles. The molecule has 0 bridgehead atoms. The Labute approximate surface area is 147 Å². The number of nitrogens with zero attached hydrogens (tertiary/aromatic N) is 1. The SMILES string of the molecule is COC(=O)c1ccc(C2SCC(=O)N2Cc2cccc(F)c2F)cc1. The van der Waals surface area contributed by atoms with Crippen LogP contribution in [0.3, 0.4) is 0 Å². The van der Waals surface area contributed by atoms with E-state index in [1.807, 2.05) is 0 Å². The first-order chi connectivity index (χ1) is 12.0. The van der Waals surface area contributed by atoms with Crippen LogP contribution in [-0.2, 0) is 16.1 Å². The van der Waals surface area contributed by atoms with Gasteiger partial charge in [0, 0.05) is 5.56 Å². The molecule has 0 N–H and O–H groups in total. The maximum Gasteiger partial charge on any atom is 0.337 e. The van der Waals surface area contributed by atoms with Crippen LogP contribution in [0.25, 0.3) is 0 Å². The van der Waals surface area contributed by atoms with E-state index in [4.69, 9.17) is 0 Å². The molecule has 2 aromatic rings. The molecule has 1 unspecified atom stereocenters. The van der Waals surface area contributed by atoms with E-state index in [9.17, 15) is 18.4 Å². The van der Waals surface area contributed by atoms with Crippen molar-refractivity contribution in [3.05, 3.63) is 70.8 Å². The van der Waals surface area contributed by atoms with Gasteiger partial charge in [-0.05, 0) is 23.8 Å². The van der Waals surface area contributed by atoms with E-state index in [-0.39, 0.29) is 29.1 Å². The van der Waals surface area contributed by atoms with Gasteiger partial charge in [0.05, 0.1) is 25.0 Å². The maximum absolute atomic E-state index is 13.9. The van der Waals surface area contributed by atoms with E-state index in [2.05, 4.69) is 4.74 Å². The summed E-state index contributed by atoms with van der Waals surface area (Å²) in [6.45, 7) is -0.0150. The Bertz CT molecular complexity index is 810. The van der Waals surface area contributed by atoms with Gasteiger partial charge in [-0.3, -0.25) is 4.79 Å². The molecule has 0 aliphatic carbocycles. The minimum Gasteiger partial charge on any atom is -0.465 e. The zero-order chi connectivity index (χ0) is 18.0. The lowest BCUT2D eigenvalue weighted by Crippen LogP contribution is -2.28. The topological polar surface area (TPSA) is 46.6 Å². The van der Waals surface area contributed by atoms with Crippen LogP contribution in [-0.4, -0.2) is 29.6 Å². The van der Waals surface area contributed by atoms with Gasteiger partial charge in [-0.15, -0.1) is 11.8 Å². The van der Waals surface area contributed by atoms with E-state index in [1.165, 1.54) is 35.9 Å². The van der Waals surface area contributed by atoms with Gasteiger partial charge < -0.3 is 9.64 Å². The highest BCUT2D eigenvalue weighted by Crippen LogP contribution is 2.39. The Balaban J connectivity index is 1.84. The number of amides is 1. The Kier molecular flexibility index (Phi) is 5.03. The molecule has 1 amide bonds.